The number of hydrogen-bond acceptors (Lipinski definition) is 6. The molecule has 1 N–H and O–H groups in total. The number of benzene rings is 1. The molecule has 0 unspecified atom stereocenters. The Bertz CT molecular complexity index is 1110. The van der Waals surface area contributed by atoms with E-state index < -0.39 is 0 Å². The predicted molar refractivity (Wildman–Crippen MR) is 106 cm³/mol. The van der Waals surface area contributed by atoms with E-state index in [9.17, 15) is 4.79 Å². The number of anilines is 1. The molecule has 0 spiro atoms. The molecule has 0 radical (unpaired) electrons. The SMILES string of the molecule is Cc1c(-c2cc(C(=O)Nc3ccccc3OCCn3cccn3)no2)cnn1C. The van der Waals surface area contributed by atoms with E-state index in [0.717, 1.165) is 11.3 Å². The Hall–Kier alpha value is -3.88. The summed E-state index contributed by atoms with van der Waals surface area (Å²) in [4.78, 5) is 12.6. The lowest BCUT2D eigenvalue weighted by molar-refractivity contribution is 0.101. The average molecular weight is 392 g/mol. The first-order chi connectivity index (χ1) is 14.1. The molecule has 1 aromatic carbocycles. The van der Waals surface area contributed by atoms with Gasteiger partial charge in [0.2, 0.25) is 0 Å². The summed E-state index contributed by atoms with van der Waals surface area (Å²) >= 11 is 0. The van der Waals surface area contributed by atoms with Gasteiger partial charge < -0.3 is 14.6 Å². The van der Waals surface area contributed by atoms with Gasteiger partial charge >= 0.3 is 0 Å². The molecule has 0 atom stereocenters. The third-order valence-corrected chi connectivity index (χ3v) is 4.52. The van der Waals surface area contributed by atoms with Crippen molar-refractivity contribution in [2.45, 2.75) is 13.5 Å². The van der Waals surface area contributed by atoms with Gasteiger partial charge in [-0.15, -0.1) is 0 Å². The second-order valence-corrected chi connectivity index (χ2v) is 6.41. The van der Waals surface area contributed by atoms with Crippen LogP contribution < -0.4 is 10.1 Å². The number of aryl methyl sites for hydroxylation is 1. The fraction of sp³-hybridized carbons (Fsp3) is 0.200. The van der Waals surface area contributed by atoms with E-state index in [0.29, 0.717) is 30.3 Å². The van der Waals surface area contributed by atoms with Crippen molar-refractivity contribution in [2.24, 2.45) is 7.05 Å². The lowest BCUT2D eigenvalue weighted by Gasteiger charge is -2.11. The number of carbonyl (C=O) groups is 1. The van der Waals surface area contributed by atoms with Gasteiger partial charge in [-0.3, -0.25) is 14.2 Å². The molecular formula is C20H20N6O3. The summed E-state index contributed by atoms with van der Waals surface area (Å²) < 4.78 is 14.7. The van der Waals surface area contributed by atoms with E-state index in [4.69, 9.17) is 9.26 Å². The lowest BCUT2D eigenvalue weighted by atomic mass is 10.2. The molecule has 0 saturated heterocycles. The van der Waals surface area contributed by atoms with E-state index in [1.807, 2.05) is 38.4 Å². The molecule has 4 rings (SSSR count). The predicted octanol–water partition coefficient (Wildman–Crippen LogP) is 2.91. The summed E-state index contributed by atoms with van der Waals surface area (Å²) in [6.07, 6.45) is 5.26. The normalized spacial score (nSPS) is 10.8. The van der Waals surface area contributed by atoms with Gasteiger partial charge in [-0.05, 0) is 25.1 Å². The average Bonchev–Trinajstić information content (AvgIpc) is 3.46. The third-order valence-electron chi connectivity index (χ3n) is 4.52. The van der Waals surface area contributed by atoms with Crippen LogP contribution in [0.3, 0.4) is 0 Å². The van der Waals surface area contributed by atoms with Crippen molar-refractivity contribution in [1.82, 2.24) is 24.7 Å². The molecule has 9 nitrogen and oxygen atoms in total. The maximum atomic E-state index is 12.6. The Labute approximate surface area is 166 Å². The van der Waals surface area contributed by atoms with Crippen LogP contribution in [0.4, 0.5) is 5.69 Å². The molecule has 0 aliphatic rings. The molecule has 9 heteroatoms. The fourth-order valence-corrected chi connectivity index (χ4v) is 2.81. The minimum Gasteiger partial charge on any atom is -0.489 e. The molecule has 3 aromatic heterocycles. The van der Waals surface area contributed by atoms with Crippen LogP contribution in [0.5, 0.6) is 5.75 Å². The Morgan fingerprint density at radius 2 is 2.10 bits per heavy atom. The third kappa shape index (κ3) is 4.03. The Balaban J connectivity index is 1.44. The Morgan fingerprint density at radius 3 is 2.86 bits per heavy atom. The lowest BCUT2D eigenvalue weighted by Crippen LogP contribution is -2.14. The van der Waals surface area contributed by atoms with Crippen molar-refractivity contribution in [1.29, 1.82) is 0 Å². The number of carbonyl (C=O) groups excluding carboxylic acids is 1. The Kier molecular flexibility index (Phi) is 5.10. The summed E-state index contributed by atoms with van der Waals surface area (Å²) in [7, 11) is 1.84. The van der Waals surface area contributed by atoms with Gasteiger partial charge in [-0.25, -0.2) is 0 Å². The van der Waals surface area contributed by atoms with Crippen LogP contribution in [0.1, 0.15) is 16.2 Å². The van der Waals surface area contributed by atoms with E-state index >= 15 is 0 Å². The van der Waals surface area contributed by atoms with Crippen molar-refractivity contribution >= 4 is 11.6 Å². The minimum absolute atomic E-state index is 0.176. The van der Waals surface area contributed by atoms with Crippen molar-refractivity contribution in [3.63, 3.8) is 0 Å². The van der Waals surface area contributed by atoms with Gasteiger partial charge in [0.05, 0.1) is 24.0 Å². The fourth-order valence-electron chi connectivity index (χ4n) is 2.81. The number of nitrogens with one attached hydrogen (secondary N) is 1. The highest BCUT2D eigenvalue weighted by molar-refractivity contribution is 6.04. The van der Waals surface area contributed by atoms with Gasteiger partial charge in [0.15, 0.2) is 11.5 Å². The van der Waals surface area contributed by atoms with Crippen molar-refractivity contribution in [3.8, 4) is 17.1 Å². The topological polar surface area (TPSA) is 100 Å². The quantitative estimate of drug-likeness (QED) is 0.519. The van der Waals surface area contributed by atoms with Gasteiger partial charge in [0.1, 0.15) is 12.4 Å². The van der Waals surface area contributed by atoms with E-state index in [1.165, 1.54) is 0 Å². The van der Waals surface area contributed by atoms with Crippen LogP contribution >= 0.6 is 0 Å². The van der Waals surface area contributed by atoms with E-state index in [-0.39, 0.29) is 11.6 Å². The van der Waals surface area contributed by atoms with Gasteiger partial charge in [-0.2, -0.15) is 10.2 Å². The van der Waals surface area contributed by atoms with Crippen LogP contribution in [0.25, 0.3) is 11.3 Å². The molecule has 0 aliphatic heterocycles. The minimum atomic E-state index is -0.385. The first kappa shape index (κ1) is 18.5. The molecule has 1 amide bonds. The maximum absolute atomic E-state index is 12.6. The van der Waals surface area contributed by atoms with Crippen LogP contribution in [-0.4, -0.2) is 37.2 Å². The highest BCUT2D eigenvalue weighted by Crippen LogP contribution is 2.26. The highest BCUT2D eigenvalue weighted by Gasteiger charge is 2.18. The molecular weight excluding hydrogens is 372 g/mol. The molecule has 0 bridgehead atoms. The van der Waals surface area contributed by atoms with Crippen LogP contribution in [-0.2, 0) is 13.6 Å². The molecule has 0 saturated carbocycles. The summed E-state index contributed by atoms with van der Waals surface area (Å²) in [5, 5.41) is 15.0. The largest absolute Gasteiger partial charge is 0.489 e. The van der Waals surface area contributed by atoms with E-state index in [1.54, 1.807) is 40.0 Å². The van der Waals surface area contributed by atoms with Crippen LogP contribution in [0, 0.1) is 6.92 Å². The van der Waals surface area contributed by atoms with Crippen molar-refractivity contribution in [3.05, 3.63) is 66.4 Å². The molecule has 4 aromatic rings. The molecule has 29 heavy (non-hydrogen) atoms. The number of amides is 1. The molecule has 0 fully saturated rings. The van der Waals surface area contributed by atoms with Crippen molar-refractivity contribution in [2.75, 3.05) is 11.9 Å². The zero-order valence-corrected chi connectivity index (χ0v) is 16.1. The van der Waals surface area contributed by atoms with Crippen LogP contribution in [0.2, 0.25) is 0 Å². The van der Waals surface area contributed by atoms with Crippen molar-refractivity contribution < 1.29 is 14.1 Å². The summed E-state index contributed by atoms with van der Waals surface area (Å²) in [5.74, 6) is 0.675. The maximum Gasteiger partial charge on any atom is 0.277 e. The summed E-state index contributed by atoms with van der Waals surface area (Å²) in [6.45, 7) is 2.94. The van der Waals surface area contributed by atoms with Gasteiger partial charge in [0, 0.05) is 31.2 Å². The highest BCUT2D eigenvalue weighted by atomic mass is 16.5. The van der Waals surface area contributed by atoms with E-state index in [2.05, 4.69) is 20.7 Å². The zero-order chi connectivity index (χ0) is 20.2. The zero-order valence-electron chi connectivity index (χ0n) is 16.1. The molecule has 0 aliphatic carbocycles. The number of ether oxygens (including phenoxy) is 1. The second-order valence-electron chi connectivity index (χ2n) is 6.41. The second kappa shape index (κ2) is 8.01. The van der Waals surface area contributed by atoms with Crippen LogP contribution in [0.15, 0.2) is 59.5 Å². The number of para-hydroxylation sites is 2. The molecule has 3 heterocycles. The Morgan fingerprint density at radius 1 is 1.24 bits per heavy atom. The number of nitrogens with zero attached hydrogens (tertiary/aromatic N) is 5. The number of rotatable bonds is 7. The first-order valence-corrected chi connectivity index (χ1v) is 9.08. The van der Waals surface area contributed by atoms with Gasteiger partial charge in [-0.1, -0.05) is 17.3 Å². The summed E-state index contributed by atoms with van der Waals surface area (Å²) in [5.41, 5.74) is 2.44. The van der Waals surface area contributed by atoms with Gasteiger partial charge in [0.25, 0.3) is 5.91 Å². The standard InChI is InChI=1S/C20H20N6O3/c1-14-15(13-22-25(14)2)19-12-17(24-29-19)20(27)23-16-6-3-4-7-18(16)28-11-10-26-9-5-8-21-26/h3-9,12-13H,10-11H2,1-2H3,(H,23,27). The molecule has 148 valence electrons. The first-order valence-electron chi connectivity index (χ1n) is 9.08. The monoisotopic (exact) mass is 392 g/mol. The summed E-state index contributed by atoms with van der Waals surface area (Å²) in [6, 6.07) is 10.7. The number of aromatic nitrogens is 5. The smallest absolute Gasteiger partial charge is 0.277 e. The number of hydrogen-bond donors (Lipinski definition) is 1.